The molecular weight excluding hydrogens is 596 g/mol. The summed E-state index contributed by atoms with van der Waals surface area (Å²) in [6.45, 7) is 11.5. The van der Waals surface area contributed by atoms with E-state index in [9.17, 15) is 9.59 Å². The first-order valence-electron chi connectivity index (χ1n) is 12.8. The van der Waals surface area contributed by atoms with Gasteiger partial charge in [0.25, 0.3) is 5.56 Å². The number of carbonyl (C=O) groups is 1. The van der Waals surface area contributed by atoms with Gasteiger partial charge in [-0.2, -0.15) is 0 Å². The van der Waals surface area contributed by atoms with Gasteiger partial charge in [0.05, 0.1) is 35.6 Å². The molecule has 3 aromatic rings. The Morgan fingerprint density at radius 1 is 1.23 bits per heavy atom. The van der Waals surface area contributed by atoms with Gasteiger partial charge in [-0.3, -0.25) is 9.36 Å². The van der Waals surface area contributed by atoms with Crippen molar-refractivity contribution in [3.8, 4) is 17.2 Å². The van der Waals surface area contributed by atoms with Gasteiger partial charge in [0, 0.05) is 10.0 Å². The number of hydrogen-bond acceptors (Lipinski definition) is 8. The third kappa shape index (κ3) is 5.93. The number of para-hydroxylation sites is 1. The standard InChI is InChI=1S/C30H31BrN2O6S/c1-7-13-38-24-16-21(31)19(14-23(24)36-6)15-25-28(34)33-27(20-11-9-10-12-22(20)39-17(3)4)26(29(35)37-8-2)18(5)32-30(33)40-25/h7,9-12,14-17,27H,1,8,13H2,2-6H3/b25-15+/t27-/m0/s1. The SMILES string of the molecule is C=CCOc1cc(Br)c(/C=c2/sc3n(c2=O)[C@@H](c2ccccc2OC(C)C)C(C(=O)OCC)=C(C)N=3)cc1OC. The Labute approximate surface area is 245 Å². The van der Waals surface area contributed by atoms with Crippen molar-refractivity contribution in [2.24, 2.45) is 4.99 Å². The largest absolute Gasteiger partial charge is 0.493 e. The molecule has 0 bridgehead atoms. The first-order valence-corrected chi connectivity index (χ1v) is 14.4. The van der Waals surface area contributed by atoms with Crippen molar-refractivity contribution in [2.75, 3.05) is 20.3 Å². The van der Waals surface area contributed by atoms with Crippen molar-refractivity contribution >= 4 is 39.3 Å². The van der Waals surface area contributed by atoms with E-state index in [4.69, 9.17) is 18.9 Å². The maximum absolute atomic E-state index is 14.0. The molecule has 4 rings (SSSR count). The van der Waals surface area contributed by atoms with Crippen LogP contribution < -0.4 is 29.1 Å². The second kappa shape index (κ2) is 12.7. The lowest BCUT2D eigenvalue weighted by Crippen LogP contribution is -2.40. The molecule has 0 saturated carbocycles. The summed E-state index contributed by atoms with van der Waals surface area (Å²) in [5, 5.41) is 0. The van der Waals surface area contributed by atoms with E-state index in [1.54, 1.807) is 49.8 Å². The quantitative estimate of drug-likeness (QED) is 0.234. The Bertz CT molecular complexity index is 1650. The van der Waals surface area contributed by atoms with Crippen molar-refractivity contribution in [2.45, 2.75) is 39.8 Å². The number of ether oxygens (including phenoxy) is 4. The molecule has 1 aliphatic rings. The van der Waals surface area contributed by atoms with E-state index >= 15 is 0 Å². The Balaban J connectivity index is 1.95. The zero-order valence-electron chi connectivity index (χ0n) is 23.0. The first-order chi connectivity index (χ1) is 19.2. The van der Waals surface area contributed by atoms with Gasteiger partial charge < -0.3 is 18.9 Å². The number of rotatable bonds is 10. The monoisotopic (exact) mass is 626 g/mol. The van der Waals surface area contributed by atoms with Crippen LogP contribution in [0.1, 0.15) is 44.9 Å². The van der Waals surface area contributed by atoms with Gasteiger partial charge in [-0.05, 0) is 57.5 Å². The molecular formula is C30H31BrN2O6S. The Kier molecular flexibility index (Phi) is 9.32. The number of allylic oxidation sites excluding steroid dienone is 1. The number of carbonyl (C=O) groups excluding carboxylic acids is 1. The van der Waals surface area contributed by atoms with E-state index < -0.39 is 12.0 Å². The summed E-state index contributed by atoms with van der Waals surface area (Å²) in [7, 11) is 1.55. The minimum Gasteiger partial charge on any atom is -0.493 e. The zero-order chi connectivity index (χ0) is 29.0. The molecule has 2 heterocycles. The van der Waals surface area contributed by atoms with E-state index in [0.29, 0.717) is 54.5 Å². The van der Waals surface area contributed by atoms with Gasteiger partial charge in [0.15, 0.2) is 16.3 Å². The molecule has 0 N–H and O–H groups in total. The van der Waals surface area contributed by atoms with Crippen molar-refractivity contribution in [3.05, 3.63) is 95.6 Å². The fraction of sp³-hybridized carbons (Fsp3) is 0.300. The summed E-state index contributed by atoms with van der Waals surface area (Å²) >= 11 is 4.83. The van der Waals surface area contributed by atoms with Crippen LogP contribution >= 0.6 is 27.3 Å². The lowest BCUT2D eigenvalue weighted by molar-refractivity contribution is -0.139. The van der Waals surface area contributed by atoms with Gasteiger partial charge in [0.1, 0.15) is 18.4 Å². The maximum atomic E-state index is 14.0. The molecule has 40 heavy (non-hydrogen) atoms. The second-order valence-electron chi connectivity index (χ2n) is 9.13. The van der Waals surface area contributed by atoms with Gasteiger partial charge >= 0.3 is 5.97 Å². The first kappa shape index (κ1) is 29.4. The fourth-order valence-electron chi connectivity index (χ4n) is 4.38. The van der Waals surface area contributed by atoms with Gasteiger partial charge in [-0.25, -0.2) is 9.79 Å². The molecule has 0 unspecified atom stereocenters. The van der Waals surface area contributed by atoms with E-state index in [2.05, 4.69) is 27.5 Å². The lowest BCUT2D eigenvalue weighted by Gasteiger charge is -2.26. The minimum absolute atomic E-state index is 0.112. The van der Waals surface area contributed by atoms with Crippen molar-refractivity contribution < 1.29 is 23.7 Å². The molecule has 0 amide bonds. The maximum Gasteiger partial charge on any atom is 0.338 e. The zero-order valence-corrected chi connectivity index (χ0v) is 25.4. The van der Waals surface area contributed by atoms with Crippen molar-refractivity contribution in [1.29, 1.82) is 0 Å². The van der Waals surface area contributed by atoms with E-state index in [1.165, 1.54) is 11.3 Å². The molecule has 8 nitrogen and oxygen atoms in total. The molecule has 210 valence electrons. The highest BCUT2D eigenvalue weighted by molar-refractivity contribution is 9.10. The van der Waals surface area contributed by atoms with Gasteiger partial charge in [-0.15, -0.1) is 0 Å². The van der Waals surface area contributed by atoms with Gasteiger partial charge in [-0.1, -0.05) is 58.1 Å². The second-order valence-corrected chi connectivity index (χ2v) is 11.0. The molecule has 1 aromatic heterocycles. The highest BCUT2D eigenvalue weighted by Gasteiger charge is 2.35. The van der Waals surface area contributed by atoms with Crippen LogP contribution in [0, 0.1) is 0 Å². The van der Waals surface area contributed by atoms with Crippen LogP contribution in [0.5, 0.6) is 17.2 Å². The van der Waals surface area contributed by atoms with E-state index in [1.807, 2.05) is 38.1 Å². The number of benzene rings is 2. The summed E-state index contributed by atoms with van der Waals surface area (Å²) < 4.78 is 25.4. The average Bonchev–Trinajstić information content (AvgIpc) is 3.22. The number of fused-ring (bicyclic) bond motifs is 1. The predicted octanol–water partition coefficient (Wildman–Crippen LogP) is 4.92. The van der Waals surface area contributed by atoms with Crippen molar-refractivity contribution in [1.82, 2.24) is 4.57 Å². The Hall–Kier alpha value is -3.63. The summed E-state index contributed by atoms with van der Waals surface area (Å²) in [5.74, 6) is 1.12. The molecule has 10 heteroatoms. The molecule has 2 aromatic carbocycles. The van der Waals surface area contributed by atoms with Crippen LogP contribution in [-0.4, -0.2) is 37.0 Å². The van der Waals surface area contributed by atoms with Crippen LogP contribution in [0.2, 0.25) is 0 Å². The number of esters is 1. The van der Waals surface area contributed by atoms with Crippen LogP contribution in [-0.2, 0) is 9.53 Å². The van der Waals surface area contributed by atoms with Crippen LogP contribution in [0.4, 0.5) is 0 Å². The molecule has 0 radical (unpaired) electrons. The van der Waals surface area contributed by atoms with E-state index in [0.717, 1.165) is 5.56 Å². The number of thiazole rings is 1. The number of halogens is 1. The molecule has 0 spiro atoms. The summed E-state index contributed by atoms with van der Waals surface area (Å²) in [6, 6.07) is 10.2. The smallest absolute Gasteiger partial charge is 0.338 e. The summed E-state index contributed by atoms with van der Waals surface area (Å²) in [6.07, 6.45) is 3.30. The summed E-state index contributed by atoms with van der Waals surface area (Å²) in [5.41, 5.74) is 1.89. The molecule has 0 fully saturated rings. The number of hydrogen-bond donors (Lipinski definition) is 0. The van der Waals surface area contributed by atoms with Crippen LogP contribution in [0.25, 0.3) is 6.08 Å². The average molecular weight is 628 g/mol. The highest BCUT2D eigenvalue weighted by atomic mass is 79.9. The molecule has 0 saturated heterocycles. The van der Waals surface area contributed by atoms with Crippen molar-refractivity contribution in [3.63, 3.8) is 0 Å². The van der Waals surface area contributed by atoms with E-state index in [-0.39, 0.29) is 18.3 Å². The number of methoxy groups -OCH3 is 1. The molecule has 0 aliphatic carbocycles. The number of nitrogens with zero attached hydrogens (tertiary/aromatic N) is 2. The van der Waals surface area contributed by atoms with Crippen LogP contribution in [0.3, 0.4) is 0 Å². The normalized spacial score (nSPS) is 15.0. The highest BCUT2D eigenvalue weighted by Crippen LogP contribution is 2.37. The third-order valence-electron chi connectivity index (χ3n) is 6.02. The number of aromatic nitrogens is 1. The van der Waals surface area contributed by atoms with Crippen LogP contribution in [0.15, 0.2) is 74.6 Å². The van der Waals surface area contributed by atoms with Gasteiger partial charge in [0.2, 0.25) is 0 Å². The topological polar surface area (TPSA) is 88.4 Å². The predicted molar refractivity (Wildman–Crippen MR) is 159 cm³/mol. The third-order valence-corrected chi connectivity index (χ3v) is 7.69. The fourth-order valence-corrected chi connectivity index (χ4v) is 5.85. The Morgan fingerprint density at radius 3 is 2.65 bits per heavy atom. The lowest BCUT2D eigenvalue weighted by atomic mass is 9.95. The summed E-state index contributed by atoms with van der Waals surface area (Å²) in [4.78, 5) is 32.4. The Morgan fingerprint density at radius 2 is 1.98 bits per heavy atom. The minimum atomic E-state index is -0.778. The molecule has 1 atom stereocenters. The molecule has 1 aliphatic heterocycles.